The molecule has 102 valence electrons. The molecule has 3 rings (SSSR count). The maximum Gasteiger partial charge on any atom is 0.119 e. The van der Waals surface area contributed by atoms with Gasteiger partial charge in [0, 0.05) is 5.02 Å². The van der Waals surface area contributed by atoms with Crippen molar-refractivity contribution in [1.29, 1.82) is 0 Å². The van der Waals surface area contributed by atoms with Gasteiger partial charge in [-0.15, -0.1) is 5.10 Å². The summed E-state index contributed by atoms with van der Waals surface area (Å²) >= 11 is 5.98. The zero-order chi connectivity index (χ0) is 13.9. The van der Waals surface area contributed by atoms with Crippen molar-refractivity contribution in [2.45, 2.75) is 13.5 Å². The van der Waals surface area contributed by atoms with E-state index in [1.165, 1.54) is 0 Å². The Morgan fingerprint density at radius 3 is 2.90 bits per heavy atom. The van der Waals surface area contributed by atoms with E-state index in [4.69, 9.17) is 16.3 Å². The van der Waals surface area contributed by atoms with Gasteiger partial charge in [0.2, 0.25) is 0 Å². The molecule has 0 aliphatic carbocycles. The van der Waals surface area contributed by atoms with Crippen molar-refractivity contribution in [3.05, 3.63) is 53.1 Å². The molecular weight excluding hydrogens is 274 g/mol. The van der Waals surface area contributed by atoms with E-state index in [1.54, 1.807) is 0 Å². The Bertz CT molecular complexity index is 739. The normalized spacial score (nSPS) is 10.9. The Morgan fingerprint density at radius 2 is 2.05 bits per heavy atom. The van der Waals surface area contributed by atoms with Crippen LogP contribution in [0.25, 0.3) is 11.0 Å². The van der Waals surface area contributed by atoms with Crippen LogP contribution in [0.3, 0.4) is 0 Å². The molecule has 2 aromatic carbocycles. The summed E-state index contributed by atoms with van der Waals surface area (Å²) in [5.41, 5.74) is 2.92. The number of aryl methyl sites for hydroxylation is 1. The van der Waals surface area contributed by atoms with Crippen molar-refractivity contribution in [1.82, 2.24) is 15.0 Å². The summed E-state index contributed by atoms with van der Waals surface area (Å²) < 4.78 is 7.56. The lowest BCUT2D eigenvalue weighted by molar-refractivity contribution is 0.292. The van der Waals surface area contributed by atoms with Crippen LogP contribution in [0.5, 0.6) is 5.75 Å². The fourth-order valence-electron chi connectivity index (χ4n) is 2.04. The number of nitrogens with zero attached hydrogens (tertiary/aromatic N) is 3. The zero-order valence-electron chi connectivity index (χ0n) is 11.1. The van der Waals surface area contributed by atoms with Gasteiger partial charge in [0.15, 0.2) is 0 Å². The third-order valence-corrected chi connectivity index (χ3v) is 3.55. The first kappa shape index (κ1) is 12.9. The van der Waals surface area contributed by atoms with Gasteiger partial charge < -0.3 is 4.74 Å². The van der Waals surface area contributed by atoms with Gasteiger partial charge in [-0.25, -0.2) is 4.68 Å². The average molecular weight is 288 g/mol. The second-order valence-electron chi connectivity index (χ2n) is 4.56. The van der Waals surface area contributed by atoms with Crippen LogP contribution in [0.4, 0.5) is 0 Å². The predicted octanol–water partition coefficient (Wildman–Crippen LogP) is 3.47. The van der Waals surface area contributed by atoms with E-state index >= 15 is 0 Å². The molecule has 0 aliphatic rings. The third-order valence-electron chi connectivity index (χ3n) is 3.12. The van der Waals surface area contributed by atoms with Crippen LogP contribution in [0.1, 0.15) is 5.56 Å². The van der Waals surface area contributed by atoms with Gasteiger partial charge in [-0.3, -0.25) is 0 Å². The summed E-state index contributed by atoms with van der Waals surface area (Å²) in [7, 11) is 0. The van der Waals surface area contributed by atoms with Crippen LogP contribution < -0.4 is 4.74 Å². The molecule has 4 nitrogen and oxygen atoms in total. The van der Waals surface area contributed by atoms with Crippen molar-refractivity contribution in [3.63, 3.8) is 0 Å². The number of hydrogen-bond donors (Lipinski definition) is 0. The van der Waals surface area contributed by atoms with E-state index in [1.807, 2.05) is 54.1 Å². The molecule has 3 aromatic rings. The Balaban J connectivity index is 1.66. The predicted molar refractivity (Wildman–Crippen MR) is 79.2 cm³/mol. The highest BCUT2D eigenvalue weighted by Crippen LogP contribution is 2.21. The quantitative estimate of drug-likeness (QED) is 0.737. The summed E-state index contributed by atoms with van der Waals surface area (Å²) in [6.07, 6.45) is 0. The van der Waals surface area contributed by atoms with Gasteiger partial charge in [-0.1, -0.05) is 28.9 Å². The number of rotatable bonds is 4. The van der Waals surface area contributed by atoms with E-state index in [-0.39, 0.29) is 0 Å². The molecular formula is C15H14ClN3O. The molecule has 5 heteroatoms. The lowest BCUT2D eigenvalue weighted by atomic mass is 10.2. The molecule has 0 saturated heterocycles. The maximum atomic E-state index is 5.98. The minimum atomic E-state index is 0.536. The summed E-state index contributed by atoms with van der Waals surface area (Å²) in [5.74, 6) is 0.816. The Labute approximate surface area is 121 Å². The molecule has 0 unspecified atom stereocenters. The van der Waals surface area contributed by atoms with Crippen molar-refractivity contribution in [2.24, 2.45) is 0 Å². The van der Waals surface area contributed by atoms with Crippen molar-refractivity contribution < 1.29 is 4.74 Å². The molecule has 0 saturated carbocycles. The molecule has 0 bridgehead atoms. The van der Waals surface area contributed by atoms with Crippen LogP contribution in [-0.4, -0.2) is 21.6 Å². The van der Waals surface area contributed by atoms with Crippen LogP contribution >= 0.6 is 11.6 Å². The third kappa shape index (κ3) is 2.60. The van der Waals surface area contributed by atoms with E-state index in [0.29, 0.717) is 13.2 Å². The number of aromatic nitrogens is 3. The standard InChI is InChI=1S/C15H14ClN3O/c1-11-10-12(6-7-13(11)16)20-9-8-19-15-5-3-2-4-14(15)17-18-19/h2-7,10H,8-9H2,1H3. The summed E-state index contributed by atoms with van der Waals surface area (Å²) in [5, 5.41) is 8.98. The van der Waals surface area contributed by atoms with Gasteiger partial charge in [0.05, 0.1) is 12.1 Å². The van der Waals surface area contributed by atoms with E-state index in [0.717, 1.165) is 27.4 Å². The number of benzene rings is 2. The highest BCUT2D eigenvalue weighted by molar-refractivity contribution is 6.31. The number of fused-ring (bicyclic) bond motifs is 1. The first-order valence-corrected chi connectivity index (χ1v) is 6.79. The minimum Gasteiger partial charge on any atom is -0.492 e. The lowest BCUT2D eigenvalue weighted by Crippen LogP contribution is -2.09. The zero-order valence-corrected chi connectivity index (χ0v) is 11.8. The van der Waals surface area contributed by atoms with Gasteiger partial charge in [-0.05, 0) is 42.8 Å². The molecule has 0 fully saturated rings. The average Bonchev–Trinajstić information content (AvgIpc) is 2.86. The van der Waals surface area contributed by atoms with Gasteiger partial charge >= 0.3 is 0 Å². The number of halogens is 1. The molecule has 1 heterocycles. The van der Waals surface area contributed by atoms with Crippen molar-refractivity contribution in [3.8, 4) is 5.75 Å². The fourth-order valence-corrected chi connectivity index (χ4v) is 2.16. The second-order valence-corrected chi connectivity index (χ2v) is 4.97. The Kier molecular flexibility index (Phi) is 3.56. The van der Waals surface area contributed by atoms with E-state index < -0.39 is 0 Å². The van der Waals surface area contributed by atoms with Crippen LogP contribution in [0.15, 0.2) is 42.5 Å². The summed E-state index contributed by atoms with van der Waals surface area (Å²) in [6.45, 7) is 3.15. The van der Waals surface area contributed by atoms with E-state index in [9.17, 15) is 0 Å². The molecule has 20 heavy (non-hydrogen) atoms. The molecule has 0 radical (unpaired) electrons. The molecule has 0 atom stereocenters. The lowest BCUT2D eigenvalue weighted by Gasteiger charge is -2.08. The summed E-state index contributed by atoms with van der Waals surface area (Å²) in [4.78, 5) is 0. The van der Waals surface area contributed by atoms with Gasteiger partial charge in [0.25, 0.3) is 0 Å². The minimum absolute atomic E-state index is 0.536. The molecule has 0 amide bonds. The van der Waals surface area contributed by atoms with Crippen LogP contribution in [0, 0.1) is 6.92 Å². The molecule has 0 aliphatic heterocycles. The SMILES string of the molecule is Cc1cc(OCCn2nnc3ccccc32)ccc1Cl. The number of ether oxygens (including phenoxy) is 1. The van der Waals surface area contributed by atoms with E-state index in [2.05, 4.69) is 10.3 Å². The first-order valence-electron chi connectivity index (χ1n) is 6.41. The highest BCUT2D eigenvalue weighted by Gasteiger charge is 2.03. The van der Waals surface area contributed by atoms with Crippen LogP contribution in [0.2, 0.25) is 5.02 Å². The topological polar surface area (TPSA) is 39.9 Å². The number of para-hydroxylation sites is 1. The van der Waals surface area contributed by atoms with Crippen LogP contribution in [-0.2, 0) is 6.54 Å². The largest absolute Gasteiger partial charge is 0.492 e. The fraction of sp³-hybridized carbons (Fsp3) is 0.200. The number of hydrogen-bond acceptors (Lipinski definition) is 3. The Hall–Kier alpha value is -2.07. The van der Waals surface area contributed by atoms with Crippen molar-refractivity contribution >= 4 is 22.6 Å². The monoisotopic (exact) mass is 287 g/mol. The van der Waals surface area contributed by atoms with Gasteiger partial charge in [-0.2, -0.15) is 0 Å². The highest BCUT2D eigenvalue weighted by atomic mass is 35.5. The van der Waals surface area contributed by atoms with Crippen molar-refractivity contribution in [2.75, 3.05) is 6.61 Å². The Morgan fingerprint density at radius 1 is 1.20 bits per heavy atom. The first-order chi connectivity index (χ1) is 9.74. The molecule has 1 aromatic heterocycles. The second kappa shape index (κ2) is 5.51. The molecule has 0 spiro atoms. The summed E-state index contributed by atoms with van der Waals surface area (Å²) in [6, 6.07) is 13.5. The smallest absolute Gasteiger partial charge is 0.119 e. The maximum absolute atomic E-state index is 5.98. The van der Waals surface area contributed by atoms with Gasteiger partial charge in [0.1, 0.15) is 17.9 Å². The molecule has 0 N–H and O–H groups in total.